The first-order valence-corrected chi connectivity index (χ1v) is 2.22. The summed E-state index contributed by atoms with van der Waals surface area (Å²) in [6.07, 6.45) is 0.329. The Balaban J connectivity index is 0. The molecule has 2 nitrogen and oxygen atoms in total. The van der Waals surface area contributed by atoms with Gasteiger partial charge in [-0.05, 0) is 0 Å². The van der Waals surface area contributed by atoms with Crippen LogP contribution < -0.4 is 0 Å². The topological polar surface area (TPSA) is 34.1 Å². The molecule has 0 aromatic carbocycles. The van der Waals surface area contributed by atoms with Crippen LogP contribution in [0.5, 0.6) is 0 Å². The number of rotatable bonds is 2. The van der Waals surface area contributed by atoms with Crippen LogP contribution in [-0.4, -0.2) is 11.6 Å². The van der Waals surface area contributed by atoms with Crippen LogP contribution in [0.4, 0.5) is 0 Å². The number of hydrogen-bond donors (Lipinski definition) is 0. The Hall–Kier alpha value is -0.0366. The summed E-state index contributed by atoms with van der Waals surface area (Å²) in [5, 5.41) is 0. The van der Waals surface area contributed by atoms with Gasteiger partial charge in [0.05, 0.1) is 0 Å². The summed E-state index contributed by atoms with van der Waals surface area (Å²) in [5.74, 6) is -0.637. The van der Waals surface area contributed by atoms with Gasteiger partial charge in [0.1, 0.15) is 0 Å². The van der Waals surface area contributed by atoms with Crippen LogP contribution >= 0.6 is 0 Å². The van der Waals surface area contributed by atoms with E-state index >= 15 is 0 Å². The second kappa shape index (κ2) is 5.11. The summed E-state index contributed by atoms with van der Waals surface area (Å²) in [6, 6.07) is 0. The van der Waals surface area contributed by atoms with Crippen molar-refractivity contribution in [1.82, 2.24) is 0 Å². The van der Waals surface area contributed by atoms with Crippen LogP contribution in [-0.2, 0) is 29.1 Å². The zero-order valence-electron chi connectivity index (χ0n) is 5.23. The van der Waals surface area contributed by atoms with Crippen LogP contribution in [0.3, 0.4) is 0 Å². The molecule has 0 N–H and O–H groups in total. The largest absolute Gasteiger partial charge is 0.291 e. The zero-order chi connectivity index (χ0) is 5.86. The summed E-state index contributed by atoms with van der Waals surface area (Å²) < 4.78 is 0. The molecule has 0 aliphatic rings. The molecule has 0 fully saturated rings. The van der Waals surface area contributed by atoms with Crippen molar-refractivity contribution in [2.45, 2.75) is 20.3 Å². The van der Waals surface area contributed by atoms with Crippen molar-refractivity contribution in [3.05, 3.63) is 0 Å². The third-order valence-corrected chi connectivity index (χ3v) is 0.714. The van der Waals surface area contributed by atoms with Crippen LogP contribution in [0, 0.1) is 0 Å². The maximum Gasteiger partial charge on any atom is 0.197 e. The van der Waals surface area contributed by atoms with Crippen molar-refractivity contribution in [2.24, 2.45) is 0 Å². The third kappa shape index (κ3) is 4.13. The molecule has 0 unspecified atom stereocenters. The SMILES string of the molecule is CCC(=O)C(C)=O.[Zn]. The van der Waals surface area contributed by atoms with Crippen molar-refractivity contribution >= 4 is 11.6 Å². The standard InChI is InChI=1S/C5H8O2.Zn/c1-3-5(7)4(2)6;/h3H2,1-2H3;. The molecule has 42 valence electrons. The average Bonchev–Trinajstić information content (AvgIpc) is 1.65. The number of ketones is 2. The van der Waals surface area contributed by atoms with Crippen LogP contribution in [0.15, 0.2) is 0 Å². The van der Waals surface area contributed by atoms with Gasteiger partial charge in [-0.2, -0.15) is 0 Å². The smallest absolute Gasteiger partial charge is 0.197 e. The summed E-state index contributed by atoms with van der Waals surface area (Å²) in [6.45, 7) is 2.95. The Morgan fingerprint density at radius 2 is 1.75 bits per heavy atom. The van der Waals surface area contributed by atoms with Gasteiger partial charge in [-0.15, -0.1) is 0 Å². The molecule has 0 saturated carbocycles. The Morgan fingerprint density at radius 1 is 1.38 bits per heavy atom. The summed E-state index contributed by atoms with van der Waals surface area (Å²) >= 11 is 0. The van der Waals surface area contributed by atoms with E-state index < -0.39 is 0 Å². The molecule has 8 heavy (non-hydrogen) atoms. The van der Waals surface area contributed by atoms with Crippen molar-refractivity contribution in [3.63, 3.8) is 0 Å². The Labute approximate surface area is 61.4 Å². The molecule has 0 aliphatic carbocycles. The van der Waals surface area contributed by atoms with Gasteiger partial charge < -0.3 is 0 Å². The molecule has 0 amide bonds. The minimum Gasteiger partial charge on any atom is -0.291 e. The third-order valence-electron chi connectivity index (χ3n) is 0.714. The van der Waals surface area contributed by atoms with Gasteiger partial charge in [0.2, 0.25) is 0 Å². The maximum atomic E-state index is 10.2. The minimum atomic E-state index is -0.345. The second-order valence-corrected chi connectivity index (χ2v) is 1.33. The van der Waals surface area contributed by atoms with Gasteiger partial charge in [0.25, 0.3) is 0 Å². The van der Waals surface area contributed by atoms with E-state index in [1.54, 1.807) is 6.92 Å². The first-order chi connectivity index (χ1) is 3.18. The molecular weight excluding hydrogens is 157 g/mol. The molecule has 0 atom stereocenters. The first kappa shape index (κ1) is 10.9. The fourth-order valence-electron chi connectivity index (χ4n) is 0.249. The molecular formula is C5H8O2Zn. The van der Waals surface area contributed by atoms with E-state index in [2.05, 4.69) is 0 Å². The van der Waals surface area contributed by atoms with Gasteiger partial charge in [-0.1, -0.05) is 6.92 Å². The predicted octanol–water partition coefficient (Wildman–Crippen LogP) is 0.552. The second-order valence-electron chi connectivity index (χ2n) is 1.33. The van der Waals surface area contributed by atoms with Gasteiger partial charge >= 0.3 is 0 Å². The van der Waals surface area contributed by atoms with Crippen LogP contribution in [0.25, 0.3) is 0 Å². The van der Waals surface area contributed by atoms with Gasteiger partial charge in [0, 0.05) is 32.8 Å². The number of carbonyl (C=O) groups excluding carboxylic acids is 2. The molecule has 0 spiro atoms. The summed E-state index contributed by atoms with van der Waals surface area (Å²) in [5.41, 5.74) is 0. The molecule has 0 heterocycles. The van der Waals surface area contributed by atoms with Crippen molar-refractivity contribution in [3.8, 4) is 0 Å². The number of carbonyl (C=O) groups is 2. The molecule has 0 bridgehead atoms. The van der Waals surface area contributed by atoms with E-state index in [4.69, 9.17) is 0 Å². The Bertz CT molecular complexity index is 98.6. The van der Waals surface area contributed by atoms with E-state index in [1.807, 2.05) is 0 Å². The molecule has 0 aliphatic heterocycles. The first-order valence-electron chi connectivity index (χ1n) is 2.22. The average molecular weight is 166 g/mol. The van der Waals surface area contributed by atoms with Crippen molar-refractivity contribution < 1.29 is 29.1 Å². The maximum absolute atomic E-state index is 10.2. The fraction of sp³-hybridized carbons (Fsp3) is 0.600. The molecule has 0 aromatic heterocycles. The summed E-state index contributed by atoms with van der Waals surface area (Å²) in [7, 11) is 0. The van der Waals surface area contributed by atoms with Gasteiger partial charge in [-0.3, -0.25) is 9.59 Å². The van der Waals surface area contributed by atoms with Crippen LogP contribution in [0.1, 0.15) is 20.3 Å². The molecule has 0 radical (unpaired) electrons. The van der Waals surface area contributed by atoms with Crippen LogP contribution in [0.2, 0.25) is 0 Å². The van der Waals surface area contributed by atoms with Crippen molar-refractivity contribution in [1.29, 1.82) is 0 Å². The fourth-order valence-corrected chi connectivity index (χ4v) is 0.249. The normalized spacial score (nSPS) is 7.25. The van der Waals surface area contributed by atoms with Crippen molar-refractivity contribution in [2.75, 3.05) is 0 Å². The Morgan fingerprint density at radius 3 is 1.75 bits per heavy atom. The monoisotopic (exact) mass is 164 g/mol. The predicted molar refractivity (Wildman–Crippen MR) is 26.0 cm³/mol. The van der Waals surface area contributed by atoms with E-state index in [1.165, 1.54) is 6.92 Å². The van der Waals surface area contributed by atoms with Gasteiger partial charge in [-0.25, -0.2) is 0 Å². The van der Waals surface area contributed by atoms with E-state index in [0.717, 1.165) is 0 Å². The molecule has 0 saturated heterocycles. The molecule has 0 aromatic rings. The molecule has 3 heteroatoms. The van der Waals surface area contributed by atoms with E-state index in [9.17, 15) is 9.59 Å². The van der Waals surface area contributed by atoms with E-state index in [0.29, 0.717) is 6.42 Å². The van der Waals surface area contributed by atoms with Gasteiger partial charge in [0.15, 0.2) is 11.6 Å². The van der Waals surface area contributed by atoms with E-state index in [-0.39, 0.29) is 31.0 Å². The Kier molecular flexibility index (Phi) is 6.93. The quantitative estimate of drug-likeness (QED) is 0.442. The zero-order valence-corrected chi connectivity index (χ0v) is 8.20. The minimum absolute atomic E-state index is 0. The summed E-state index contributed by atoms with van der Waals surface area (Å²) in [4.78, 5) is 20.2. The number of Topliss-reactive ketones (excluding diaryl/α,β-unsaturated/α-hetero) is 2. The molecule has 0 rings (SSSR count). The number of hydrogen-bond acceptors (Lipinski definition) is 2.